The van der Waals surface area contributed by atoms with Gasteiger partial charge in [0.2, 0.25) is 0 Å². The maximum Gasteiger partial charge on any atom is 0.102 e. The topological polar surface area (TPSA) is 50.9 Å². The van der Waals surface area contributed by atoms with Crippen LogP contribution in [0, 0.1) is 6.92 Å². The van der Waals surface area contributed by atoms with Crippen LogP contribution in [0.4, 0.5) is 0 Å². The van der Waals surface area contributed by atoms with Gasteiger partial charge in [0.15, 0.2) is 0 Å². The Morgan fingerprint density at radius 1 is 1.50 bits per heavy atom. The van der Waals surface area contributed by atoms with E-state index in [2.05, 4.69) is 10.3 Å². The molecular formula is C11H15N3OS. The monoisotopic (exact) mass is 237 g/mol. The van der Waals surface area contributed by atoms with Crippen LogP contribution in [0.3, 0.4) is 0 Å². The fourth-order valence-electron chi connectivity index (χ4n) is 1.64. The maximum absolute atomic E-state index is 10.4. The van der Waals surface area contributed by atoms with E-state index in [1.54, 1.807) is 16.0 Å². The highest BCUT2D eigenvalue weighted by atomic mass is 32.1. The highest BCUT2D eigenvalue weighted by Gasteiger charge is 2.26. The molecule has 1 N–H and O–H groups in total. The summed E-state index contributed by atoms with van der Waals surface area (Å²) in [5.74, 6) is 0. The van der Waals surface area contributed by atoms with Crippen LogP contribution in [0.5, 0.6) is 0 Å². The summed E-state index contributed by atoms with van der Waals surface area (Å²) in [7, 11) is 1.82. The summed E-state index contributed by atoms with van der Waals surface area (Å²) in [5.41, 5.74) is -0.0619. The number of nitrogens with zero attached hydrogens (tertiary/aromatic N) is 3. The van der Waals surface area contributed by atoms with Crippen molar-refractivity contribution in [1.29, 1.82) is 0 Å². The van der Waals surface area contributed by atoms with Gasteiger partial charge in [0.25, 0.3) is 0 Å². The molecule has 0 fully saturated rings. The van der Waals surface area contributed by atoms with Crippen molar-refractivity contribution < 1.29 is 5.11 Å². The molecule has 5 heteroatoms. The molecule has 0 aliphatic rings. The second-order valence-corrected chi connectivity index (χ2v) is 5.53. The summed E-state index contributed by atoms with van der Waals surface area (Å²) in [4.78, 5) is 2.17. The van der Waals surface area contributed by atoms with E-state index in [0.29, 0.717) is 6.42 Å². The van der Waals surface area contributed by atoms with Crippen LogP contribution in [0.15, 0.2) is 18.3 Å². The molecule has 2 aromatic heterocycles. The fraction of sp³-hybridized carbons (Fsp3) is 0.455. The van der Waals surface area contributed by atoms with Crippen molar-refractivity contribution in [2.75, 3.05) is 0 Å². The third kappa shape index (κ3) is 2.31. The number of aromatic nitrogens is 3. The smallest absolute Gasteiger partial charge is 0.102 e. The Labute approximate surface area is 98.5 Å². The van der Waals surface area contributed by atoms with E-state index in [-0.39, 0.29) is 0 Å². The molecule has 2 aromatic rings. The number of rotatable bonds is 3. The van der Waals surface area contributed by atoms with Gasteiger partial charge in [0.05, 0.1) is 5.69 Å². The van der Waals surface area contributed by atoms with Crippen molar-refractivity contribution in [2.45, 2.75) is 25.9 Å². The van der Waals surface area contributed by atoms with Crippen molar-refractivity contribution in [3.05, 3.63) is 33.8 Å². The second-order valence-electron chi connectivity index (χ2n) is 4.24. The van der Waals surface area contributed by atoms with Crippen LogP contribution in [-0.4, -0.2) is 20.1 Å². The first kappa shape index (κ1) is 11.3. The molecule has 0 aromatic carbocycles. The number of thiophene rings is 1. The SMILES string of the molecule is Cc1ccc(C(C)(O)Cc2cn(C)nn2)s1. The van der Waals surface area contributed by atoms with Gasteiger partial charge in [-0.25, -0.2) is 0 Å². The van der Waals surface area contributed by atoms with Crippen molar-refractivity contribution >= 4 is 11.3 Å². The van der Waals surface area contributed by atoms with Gasteiger partial charge in [0.1, 0.15) is 5.60 Å². The normalized spacial score (nSPS) is 15.0. The van der Waals surface area contributed by atoms with Gasteiger partial charge < -0.3 is 5.11 Å². The van der Waals surface area contributed by atoms with Crippen molar-refractivity contribution in [3.63, 3.8) is 0 Å². The Balaban J connectivity index is 2.19. The molecule has 0 amide bonds. The van der Waals surface area contributed by atoms with Gasteiger partial charge in [-0.05, 0) is 26.0 Å². The van der Waals surface area contributed by atoms with Crippen molar-refractivity contribution in [3.8, 4) is 0 Å². The number of aryl methyl sites for hydroxylation is 2. The minimum atomic E-state index is -0.866. The zero-order valence-corrected chi connectivity index (χ0v) is 10.5. The average molecular weight is 237 g/mol. The van der Waals surface area contributed by atoms with E-state index in [0.717, 1.165) is 10.6 Å². The Kier molecular flexibility index (Phi) is 2.82. The summed E-state index contributed by atoms with van der Waals surface area (Å²) in [6.07, 6.45) is 2.32. The summed E-state index contributed by atoms with van der Waals surface area (Å²) < 4.78 is 1.64. The predicted molar refractivity (Wildman–Crippen MR) is 63.3 cm³/mol. The first-order valence-corrected chi connectivity index (χ1v) is 5.93. The first-order chi connectivity index (χ1) is 7.47. The lowest BCUT2D eigenvalue weighted by atomic mass is 9.99. The molecule has 1 atom stereocenters. The van der Waals surface area contributed by atoms with E-state index >= 15 is 0 Å². The summed E-state index contributed by atoms with van der Waals surface area (Å²) in [6.45, 7) is 3.85. The number of hydrogen-bond acceptors (Lipinski definition) is 4. The minimum Gasteiger partial charge on any atom is -0.384 e. The molecule has 0 saturated carbocycles. The summed E-state index contributed by atoms with van der Waals surface area (Å²) in [6, 6.07) is 3.99. The molecule has 0 aliphatic carbocycles. The molecule has 0 aliphatic heterocycles. The van der Waals surface area contributed by atoms with Gasteiger partial charge in [0, 0.05) is 29.4 Å². The molecule has 0 bridgehead atoms. The third-order valence-electron chi connectivity index (χ3n) is 2.45. The minimum absolute atomic E-state index is 0.487. The summed E-state index contributed by atoms with van der Waals surface area (Å²) in [5, 5.41) is 18.2. The molecule has 0 saturated heterocycles. The predicted octanol–water partition coefficient (Wildman–Crippen LogP) is 1.64. The van der Waals surface area contributed by atoms with Gasteiger partial charge >= 0.3 is 0 Å². The molecule has 1 unspecified atom stereocenters. The lowest BCUT2D eigenvalue weighted by Crippen LogP contribution is -2.23. The highest BCUT2D eigenvalue weighted by Crippen LogP contribution is 2.30. The van der Waals surface area contributed by atoms with E-state index in [1.165, 1.54) is 4.88 Å². The van der Waals surface area contributed by atoms with Gasteiger partial charge in [-0.2, -0.15) is 0 Å². The quantitative estimate of drug-likeness (QED) is 0.882. The molecule has 0 spiro atoms. The molecule has 16 heavy (non-hydrogen) atoms. The average Bonchev–Trinajstić information content (AvgIpc) is 2.75. The molecule has 0 radical (unpaired) electrons. The van der Waals surface area contributed by atoms with Crippen LogP contribution in [0.2, 0.25) is 0 Å². The molecule has 2 heterocycles. The Morgan fingerprint density at radius 2 is 2.25 bits per heavy atom. The van der Waals surface area contributed by atoms with E-state index in [9.17, 15) is 5.11 Å². The zero-order chi connectivity index (χ0) is 11.8. The summed E-state index contributed by atoms with van der Waals surface area (Å²) >= 11 is 1.62. The molecule has 2 rings (SSSR count). The lowest BCUT2D eigenvalue weighted by molar-refractivity contribution is 0.0604. The maximum atomic E-state index is 10.4. The van der Waals surface area contributed by atoms with E-state index in [1.807, 2.05) is 39.2 Å². The largest absolute Gasteiger partial charge is 0.384 e. The van der Waals surface area contributed by atoms with Gasteiger partial charge in [-0.3, -0.25) is 4.68 Å². The van der Waals surface area contributed by atoms with E-state index in [4.69, 9.17) is 0 Å². The van der Waals surface area contributed by atoms with E-state index < -0.39 is 5.60 Å². The van der Waals surface area contributed by atoms with Crippen LogP contribution >= 0.6 is 11.3 Å². The van der Waals surface area contributed by atoms with Gasteiger partial charge in [-0.15, -0.1) is 16.4 Å². The van der Waals surface area contributed by atoms with Crippen LogP contribution in [0.25, 0.3) is 0 Å². The first-order valence-electron chi connectivity index (χ1n) is 5.12. The Hall–Kier alpha value is -1.20. The Bertz CT molecular complexity index is 487. The lowest BCUT2D eigenvalue weighted by Gasteiger charge is -2.20. The number of aliphatic hydroxyl groups is 1. The van der Waals surface area contributed by atoms with Crippen LogP contribution in [0.1, 0.15) is 22.4 Å². The standard InChI is InChI=1S/C11H15N3OS/c1-8-4-5-10(16-8)11(2,15)6-9-7-14(3)13-12-9/h4-5,7,15H,6H2,1-3H3. The molecule has 4 nitrogen and oxygen atoms in total. The molecule has 86 valence electrons. The van der Waals surface area contributed by atoms with Gasteiger partial charge in [-0.1, -0.05) is 5.21 Å². The number of hydrogen-bond donors (Lipinski definition) is 1. The van der Waals surface area contributed by atoms with Crippen molar-refractivity contribution in [2.24, 2.45) is 7.05 Å². The molecular weight excluding hydrogens is 222 g/mol. The van der Waals surface area contributed by atoms with Crippen LogP contribution < -0.4 is 0 Å². The zero-order valence-electron chi connectivity index (χ0n) is 9.64. The Morgan fingerprint density at radius 3 is 2.75 bits per heavy atom. The van der Waals surface area contributed by atoms with Crippen LogP contribution in [-0.2, 0) is 19.1 Å². The van der Waals surface area contributed by atoms with Crippen molar-refractivity contribution in [1.82, 2.24) is 15.0 Å². The third-order valence-corrected chi connectivity index (χ3v) is 3.70. The second kappa shape index (κ2) is 3.99. The highest BCUT2D eigenvalue weighted by molar-refractivity contribution is 7.12. The fourth-order valence-corrected chi connectivity index (χ4v) is 2.55.